The van der Waals surface area contributed by atoms with Gasteiger partial charge >= 0.3 is 0 Å². The van der Waals surface area contributed by atoms with E-state index in [2.05, 4.69) is 26.2 Å². The number of imidazole rings is 1. The third kappa shape index (κ3) is 3.12. The van der Waals surface area contributed by atoms with Crippen LogP contribution in [-0.4, -0.2) is 9.55 Å². The van der Waals surface area contributed by atoms with Crippen molar-refractivity contribution in [1.82, 2.24) is 9.55 Å². The molecule has 0 radical (unpaired) electrons. The first-order valence-corrected chi connectivity index (χ1v) is 7.64. The number of nitrogens with one attached hydrogen (secondary N) is 1. The van der Waals surface area contributed by atoms with Crippen LogP contribution in [0.15, 0.2) is 59.2 Å². The van der Waals surface area contributed by atoms with E-state index in [0.717, 1.165) is 27.5 Å². The van der Waals surface area contributed by atoms with E-state index >= 15 is 0 Å². The van der Waals surface area contributed by atoms with Gasteiger partial charge in [0.15, 0.2) is 0 Å². The smallest absolute Gasteiger partial charge is 0.212 e. The molecule has 0 unspecified atom stereocenters. The number of aromatic nitrogens is 2. The van der Waals surface area contributed by atoms with Crippen LogP contribution in [0.1, 0.15) is 5.69 Å². The van der Waals surface area contributed by atoms with Crippen LogP contribution in [0.5, 0.6) is 0 Å². The number of benzene rings is 2. The molecule has 3 rings (SSSR count). The second-order valence-corrected chi connectivity index (χ2v) is 5.98. The molecule has 0 saturated carbocycles. The Hall–Kier alpha value is -1.78. The third-order valence-electron chi connectivity index (χ3n) is 3.04. The molecule has 0 aliphatic carbocycles. The molecule has 0 saturated heterocycles. The van der Waals surface area contributed by atoms with Crippen molar-refractivity contribution >= 4 is 39.2 Å². The van der Waals surface area contributed by atoms with Gasteiger partial charge in [-0.05, 0) is 37.3 Å². The summed E-state index contributed by atoms with van der Waals surface area (Å²) in [5.41, 5.74) is 2.81. The van der Waals surface area contributed by atoms with Gasteiger partial charge in [0.05, 0.1) is 16.4 Å². The molecule has 0 fully saturated rings. The molecule has 0 amide bonds. The van der Waals surface area contributed by atoms with Crippen molar-refractivity contribution in [2.24, 2.45) is 0 Å². The third-order valence-corrected chi connectivity index (χ3v) is 3.84. The molecule has 21 heavy (non-hydrogen) atoms. The van der Waals surface area contributed by atoms with Crippen LogP contribution in [-0.2, 0) is 0 Å². The summed E-state index contributed by atoms with van der Waals surface area (Å²) in [5, 5.41) is 3.93. The Labute approximate surface area is 136 Å². The van der Waals surface area contributed by atoms with Crippen molar-refractivity contribution in [3.8, 4) is 5.69 Å². The molecular formula is C16H13BrClN3. The minimum atomic E-state index is 0.643. The molecule has 106 valence electrons. The number of hydrogen-bond donors (Lipinski definition) is 1. The average molecular weight is 363 g/mol. The molecule has 1 heterocycles. The average Bonchev–Trinajstić information content (AvgIpc) is 2.84. The van der Waals surface area contributed by atoms with Crippen LogP contribution < -0.4 is 5.32 Å². The van der Waals surface area contributed by atoms with Gasteiger partial charge in [0.1, 0.15) is 0 Å². The Bertz CT molecular complexity index is 768. The molecule has 0 aliphatic rings. The van der Waals surface area contributed by atoms with Crippen molar-refractivity contribution < 1.29 is 0 Å². The zero-order valence-corrected chi connectivity index (χ0v) is 13.7. The molecule has 3 aromatic rings. The zero-order valence-electron chi connectivity index (χ0n) is 11.3. The van der Waals surface area contributed by atoms with E-state index in [0.29, 0.717) is 5.02 Å². The van der Waals surface area contributed by atoms with Gasteiger partial charge in [-0.15, -0.1) is 0 Å². The Morgan fingerprint density at radius 1 is 1.14 bits per heavy atom. The maximum atomic E-state index is 6.26. The maximum Gasteiger partial charge on any atom is 0.212 e. The molecule has 0 aliphatic heterocycles. The largest absolute Gasteiger partial charge is 0.324 e. The van der Waals surface area contributed by atoms with Gasteiger partial charge in [-0.3, -0.25) is 4.57 Å². The van der Waals surface area contributed by atoms with Crippen molar-refractivity contribution in [3.63, 3.8) is 0 Å². The Balaban J connectivity index is 2.00. The number of rotatable bonds is 3. The SMILES string of the molecule is Cc1cn(-c2ccccc2)c(Nc2ccc(Br)cc2Cl)n1. The van der Waals surface area contributed by atoms with E-state index in [1.165, 1.54) is 0 Å². The van der Waals surface area contributed by atoms with Gasteiger partial charge in [0, 0.05) is 16.4 Å². The van der Waals surface area contributed by atoms with Gasteiger partial charge in [-0.1, -0.05) is 45.7 Å². The topological polar surface area (TPSA) is 29.9 Å². The summed E-state index contributed by atoms with van der Waals surface area (Å²) in [4.78, 5) is 4.53. The number of nitrogens with zero attached hydrogens (tertiary/aromatic N) is 2. The van der Waals surface area contributed by atoms with E-state index < -0.39 is 0 Å². The molecule has 1 N–H and O–H groups in total. The summed E-state index contributed by atoms with van der Waals surface area (Å²) in [6, 6.07) is 15.8. The van der Waals surface area contributed by atoms with Crippen LogP contribution >= 0.6 is 27.5 Å². The van der Waals surface area contributed by atoms with Crippen LogP contribution in [0.25, 0.3) is 5.69 Å². The second kappa shape index (κ2) is 5.92. The Morgan fingerprint density at radius 2 is 1.90 bits per heavy atom. The van der Waals surface area contributed by atoms with Gasteiger partial charge < -0.3 is 5.32 Å². The van der Waals surface area contributed by atoms with E-state index in [1.807, 2.05) is 66.2 Å². The molecular weight excluding hydrogens is 350 g/mol. The molecule has 1 aromatic heterocycles. The van der Waals surface area contributed by atoms with Crippen molar-refractivity contribution in [2.45, 2.75) is 6.92 Å². The zero-order chi connectivity index (χ0) is 14.8. The summed E-state index contributed by atoms with van der Waals surface area (Å²) in [6.07, 6.45) is 1.99. The fourth-order valence-electron chi connectivity index (χ4n) is 2.08. The van der Waals surface area contributed by atoms with Gasteiger partial charge in [-0.25, -0.2) is 4.98 Å². The number of halogens is 2. The number of hydrogen-bond acceptors (Lipinski definition) is 2. The first kappa shape index (κ1) is 14.2. The highest BCUT2D eigenvalue weighted by molar-refractivity contribution is 9.10. The summed E-state index contributed by atoms with van der Waals surface area (Å²) >= 11 is 9.66. The maximum absolute atomic E-state index is 6.26. The Morgan fingerprint density at radius 3 is 2.62 bits per heavy atom. The lowest BCUT2D eigenvalue weighted by Gasteiger charge is -2.11. The molecule has 5 heteroatoms. The van der Waals surface area contributed by atoms with Gasteiger partial charge in [0.25, 0.3) is 0 Å². The molecule has 0 bridgehead atoms. The van der Waals surface area contributed by atoms with Gasteiger partial charge in [0.2, 0.25) is 5.95 Å². The van der Waals surface area contributed by atoms with Crippen LogP contribution in [0.3, 0.4) is 0 Å². The van der Waals surface area contributed by atoms with Crippen LogP contribution in [0, 0.1) is 6.92 Å². The highest BCUT2D eigenvalue weighted by Crippen LogP contribution is 2.29. The number of aryl methyl sites for hydroxylation is 1. The van der Waals surface area contributed by atoms with Crippen LogP contribution in [0.4, 0.5) is 11.6 Å². The highest BCUT2D eigenvalue weighted by Gasteiger charge is 2.09. The molecule has 0 atom stereocenters. The van der Waals surface area contributed by atoms with Crippen molar-refractivity contribution in [1.29, 1.82) is 0 Å². The normalized spacial score (nSPS) is 10.6. The predicted molar refractivity (Wildman–Crippen MR) is 90.7 cm³/mol. The monoisotopic (exact) mass is 361 g/mol. The van der Waals surface area contributed by atoms with Crippen LogP contribution in [0.2, 0.25) is 5.02 Å². The van der Waals surface area contributed by atoms with Gasteiger partial charge in [-0.2, -0.15) is 0 Å². The predicted octanol–water partition coefficient (Wildman–Crippen LogP) is 5.34. The van der Waals surface area contributed by atoms with E-state index in [4.69, 9.17) is 11.6 Å². The quantitative estimate of drug-likeness (QED) is 0.681. The first-order chi connectivity index (χ1) is 10.1. The minimum Gasteiger partial charge on any atom is -0.324 e. The second-order valence-electron chi connectivity index (χ2n) is 4.66. The summed E-state index contributed by atoms with van der Waals surface area (Å²) in [7, 11) is 0. The molecule has 3 nitrogen and oxygen atoms in total. The lowest BCUT2D eigenvalue weighted by molar-refractivity contribution is 1.06. The fourth-order valence-corrected chi connectivity index (χ4v) is 2.80. The van der Waals surface area contributed by atoms with E-state index in [1.54, 1.807) is 0 Å². The number of para-hydroxylation sites is 1. The summed E-state index contributed by atoms with van der Waals surface area (Å²) in [6.45, 7) is 1.97. The molecule has 2 aromatic carbocycles. The Kier molecular flexibility index (Phi) is 3.99. The fraction of sp³-hybridized carbons (Fsp3) is 0.0625. The highest BCUT2D eigenvalue weighted by atomic mass is 79.9. The standard InChI is InChI=1S/C16H13BrClN3/c1-11-10-21(13-5-3-2-4-6-13)16(19-11)20-15-8-7-12(17)9-14(15)18/h2-10H,1H3,(H,19,20). The lowest BCUT2D eigenvalue weighted by atomic mass is 10.3. The lowest BCUT2D eigenvalue weighted by Crippen LogP contribution is -2.01. The molecule has 0 spiro atoms. The summed E-state index contributed by atoms with van der Waals surface area (Å²) < 4.78 is 2.95. The first-order valence-electron chi connectivity index (χ1n) is 6.47. The van der Waals surface area contributed by atoms with E-state index in [9.17, 15) is 0 Å². The minimum absolute atomic E-state index is 0.643. The summed E-state index contributed by atoms with van der Waals surface area (Å²) in [5.74, 6) is 0.739. The van der Waals surface area contributed by atoms with E-state index in [-0.39, 0.29) is 0 Å². The number of anilines is 2. The van der Waals surface area contributed by atoms with Crippen molar-refractivity contribution in [3.05, 3.63) is 69.9 Å². The van der Waals surface area contributed by atoms with Crippen molar-refractivity contribution in [2.75, 3.05) is 5.32 Å².